The smallest absolute Gasteiger partial charge is 0.255 e. The molecule has 0 radical (unpaired) electrons. The maximum atomic E-state index is 12.7. The molecule has 1 aliphatic rings. The van der Waals surface area contributed by atoms with Crippen molar-refractivity contribution in [1.82, 2.24) is 9.97 Å². The summed E-state index contributed by atoms with van der Waals surface area (Å²) in [7, 11) is 1.55. The van der Waals surface area contributed by atoms with E-state index in [0.29, 0.717) is 35.5 Å². The summed E-state index contributed by atoms with van der Waals surface area (Å²) in [4.78, 5) is 35.5. The van der Waals surface area contributed by atoms with E-state index in [1.54, 1.807) is 48.4 Å². The second kappa shape index (κ2) is 7.50. The van der Waals surface area contributed by atoms with Gasteiger partial charge in [-0.1, -0.05) is 0 Å². The fraction of sp³-hybridized carbons (Fsp3) is 0.273. The van der Waals surface area contributed by atoms with E-state index in [1.165, 1.54) is 0 Å². The van der Waals surface area contributed by atoms with Crippen molar-refractivity contribution < 1.29 is 14.3 Å². The van der Waals surface area contributed by atoms with Crippen LogP contribution in [0.1, 0.15) is 34.6 Å². The second-order valence-electron chi connectivity index (χ2n) is 7.09. The van der Waals surface area contributed by atoms with Gasteiger partial charge in [0.1, 0.15) is 5.75 Å². The Kier molecular flexibility index (Phi) is 4.88. The Labute approximate surface area is 168 Å². The Morgan fingerprint density at radius 1 is 1.07 bits per heavy atom. The number of fused-ring (bicyclic) bond motifs is 1. The van der Waals surface area contributed by atoms with Gasteiger partial charge in [-0.25, -0.2) is 9.97 Å². The van der Waals surface area contributed by atoms with Crippen LogP contribution in [-0.4, -0.2) is 35.4 Å². The maximum absolute atomic E-state index is 12.7. The first-order valence-electron chi connectivity index (χ1n) is 9.51. The van der Waals surface area contributed by atoms with Crippen LogP contribution in [0.15, 0.2) is 36.4 Å². The molecule has 148 valence electrons. The van der Waals surface area contributed by atoms with Crippen molar-refractivity contribution in [1.29, 1.82) is 0 Å². The molecule has 2 heterocycles. The van der Waals surface area contributed by atoms with Gasteiger partial charge in [-0.05, 0) is 50.6 Å². The van der Waals surface area contributed by atoms with Crippen molar-refractivity contribution in [2.24, 2.45) is 0 Å². The number of anilines is 2. The SMILES string of the molecule is COc1cc(NC(=O)c2ccc3nc(C)c(C)nc3c2)ccc1N1CCCC1=O. The molecule has 29 heavy (non-hydrogen) atoms. The number of aryl methyl sites for hydroxylation is 2. The van der Waals surface area contributed by atoms with Crippen molar-refractivity contribution >= 4 is 34.2 Å². The molecule has 2 aromatic carbocycles. The lowest BCUT2D eigenvalue weighted by Gasteiger charge is -2.19. The fourth-order valence-electron chi connectivity index (χ4n) is 3.46. The van der Waals surface area contributed by atoms with Crippen LogP contribution in [0, 0.1) is 13.8 Å². The van der Waals surface area contributed by atoms with Crippen molar-refractivity contribution in [3.63, 3.8) is 0 Å². The van der Waals surface area contributed by atoms with Gasteiger partial charge in [-0.2, -0.15) is 0 Å². The topological polar surface area (TPSA) is 84.4 Å². The molecule has 1 aromatic heterocycles. The number of rotatable bonds is 4. The van der Waals surface area contributed by atoms with Gasteiger partial charge in [-0.3, -0.25) is 9.59 Å². The number of carbonyl (C=O) groups excluding carboxylic acids is 2. The number of hydrogen-bond donors (Lipinski definition) is 1. The second-order valence-corrected chi connectivity index (χ2v) is 7.09. The largest absolute Gasteiger partial charge is 0.494 e. The first-order chi connectivity index (χ1) is 14.0. The summed E-state index contributed by atoms with van der Waals surface area (Å²) in [6, 6.07) is 10.6. The molecule has 1 N–H and O–H groups in total. The number of carbonyl (C=O) groups is 2. The number of hydrogen-bond acceptors (Lipinski definition) is 5. The third-order valence-corrected chi connectivity index (χ3v) is 5.14. The lowest BCUT2D eigenvalue weighted by molar-refractivity contribution is -0.117. The van der Waals surface area contributed by atoms with Gasteiger partial charge in [0.25, 0.3) is 5.91 Å². The number of methoxy groups -OCH3 is 1. The van der Waals surface area contributed by atoms with Crippen molar-refractivity contribution in [3.05, 3.63) is 53.3 Å². The van der Waals surface area contributed by atoms with Crippen molar-refractivity contribution in [3.8, 4) is 5.75 Å². The molecule has 0 atom stereocenters. The Balaban J connectivity index is 1.58. The third kappa shape index (κ3) is 3.63. The highest BCUT2D eigenvalue weighted by Crippen LogP contribution is 2.34. The van der Waals surface area contributed by atoms with Gasteiger partial charge >= 0.3 is 0 Å². The number of nitrogens with one attached hydrogen (secondary N) is 1. The monoisotopic (exact) mass is 390 g/mol. The number of amides is 2. The van der Waals surface area contributed by atoms with E-state index >= 15 is 0 Å². The fourth-order valence-corrected chi connectivity index (χ4v) is 3.46. The number of aromatic nitrogens is 2. The minimum absolute atomic E-state index is 0.0860. The molecule has 1 saturated heterocycles. The van der Waals surface area contributed by atoms with E-state index in [9.17, 15) is 9.59 Å². The minimum Gasteiger partial charge on any atom is -0.494 e. The lowest BCUT2D eigenvalue weighted by Crippen LogP contribution is -2.24. The van der Waals surface area contributed by atoms with Crippen LogP contribution in [0.4, 0.5) is 11.4 Å². The molecule has 0 saturated carbocycles. The standard InChI is InChI=1S/C22H22N4O3/c1-13-14(2)24-18-11-15(6-8-17(18)23-13)22(28)25-16-7-9-19(20(12-16)29-3)26-10-4-5-21(26)27/h6-9,11-12H,4-5,10H2,1-3H3,(H,25,28). The van der Waals surface area contributed by atoms with Gasteiger partial charge in [0.15, 0.2) is 0 Å². The summed E-state index contributed by atoms with van der Waals surface area (Å²) in [5.41, 5.74) is 4.96. The summed E-state index contributed by atoms with van der Waals surface area (Å²) in [6.45, 7) is 4.49. The predicted octanol–water partition coefficient (Wildman–Crippen LogP) is 3.63. The molecular formula is C22H22N4O3. The predicted molar refractivity (Wildman–Crippen MR) is 112 cm³/mol. The molecule has 0 spiro atoms. The van der Waals surface area contributed by atoms with E-state index in [0.717, 1.165) is 29.0 Å². The first kappa shape index (κ1) is 18.9. The molecule has 4 rings (SSSR count). The maximum Gasteiger partial charge on any atom is 0.255 e. The van der Waals surface area contributed by atoms with Crippen LogP contribution in [0.25, 0.3) is 11.0 Å². The van der Waals surface area contributed by atoms with E-state index in [4.69, 9.17) is 4.74 Å². The van der Waals surface area contributed by atoms with Gasteiger partial charge in [0.2, 0.25) is 5.91 Å². The Morgan fingerprint density at radius 2 is 1.83 bits per heavy atom. The van der Waals surface area contributed by atoms with Crippen LogP contribution in [0.2, 0.25) is 0 Å². The average molecular weight is 390 g/mol. The van der Waals surface area contributed by atoms with Gasteiger partial charge < -0.3 is 15.0 Å². The summed E-state index contributed by atoms with van der Waals surface area (Å²) in [6.07, 6.45) is 1.38. The van der Waals surface area contributed by atoms with Crippen LogP contribution in [0.3, 0.4) is 0 Å². The average Bonchev–Trinajstić information content (AvgIpc) is 3.14. The molecule has 7 nitrogen and oxygen atoms in total. The van der Waals surface area contributed by atoms with E-state index in [-0.39, 0.29) is 11.8 Å². The van der Waals surface area contributed by atoms with Gasteiger partial charge in [0.05, 0.1) is 35.2 Å². The van der Waals surface area contributed by atoms with Crippen LogP contribution in [-0.2, 0) is 4.79 Å². The zero-order valence-electron chi connectivity index (χ0n) is 16.7. The molecule has 1 fully saturated rings. The molecule has 0 unspecified atom stereocenters. The van der Waals surface area contributed by atoms with E-state index < -0.39 is 0 Å². The Hall–Kier alpha value is -3.48. The number of ether oxygens (including phenoxy) is 1. The number of nitrogens with zero attached hydrogens (tertiary/aromatic N) is 3. The minimum atomic E-state index is -0.251. The van der Waals surface area contributed by atoms with Gasteiger partial charge in [0, 0.05) is 30.3 Å². The Morgan fingerprint density at radius 3 is 2.52 bits per heavy atom. The van der Waals surface area contributed by atoms with E-state index in [2.05, 4.69) is 15.3 Å². The molecular weight excluding hydrogens is 368 g/mol. The zero-order valence-corrected chi connectivity index (χ0v) is 16.7. The number of benzene rings is 2. The summed E-state index contributed by atoms with van der Waals surface area (Å²) < 4.78 is 5.45. The Bertz CT molecular complexity index is 1130. The molecule has 0 bridgehead atoms. The summed E-state index contributed by atoms with van der Waals surface area (Å²) in [5.74, 6) is 0.385. The zero-order chi connectivity index (χ0) is 20.5. The van der Waals surface area contributed by atoms with Crippen molar-refractivity contribution in [2.75, 3.05) is 23.9 Å². The molecule has 3 aromatic rings. The molecule has 2 amide bonds. The van der Waals surface area contributed by atoms with E-state index in [1.807, 2.05) is 13.8 Å². The van der Waals surface area contributed by atoms with Gasteiger partial charge in [-0.15, -0.1) is 0 Å². The highest BCUT2D eigenvalue weighted by molar-refractivity contribution is 6.06. The van der Waals surface area contributed by atoms with Crippen LogP contribution < -0.4 is 15.0 Å². The quantitative estimate of drug-likeness (QED) is 0.735. The van der Waals surface area contributed by atoms with Crippen LogP contribution >= 0.6 is 0 Å². The van der Waals surface area contributed by atoms with Crippen LogP contribution in [0.5, 0.6) is 5.75 Å². The molecule has 7 heteroatoms. The molecule has 1 aliphatic heterocycles. The highest BCUT2D eigenvalue weighted by atomic mass is 16.5. The summed E-state index contributed by atoms with van der Waals surface area (Å²) in [5, 5.41) is 2.88. The highest BCUT2D eigenvalue weighted by Gasteiger charge is 2.24. The third-order valence-electron chi connectivity index (χ3n) is 5.14. The molecule has 0 aliphatic carbocycles. The van der Waals surface area contributed by atoms with Crippen molar-refractivity contribution in [2.45, 2.75) is 26.7 Å². The lowest BCUT2D eigenvalue weighted by atomic mass is 10.1. The normalized spacial score (nSPS) is 13.8. The summed E-state index contributed by atoms with van der Waals surface area (Å²) >= 11 is 0. The first-order valence-corrected chi connectivity index (χ1v) is 9.51.